The van der Waals surface area contributed by atoms with Crippen molar-refractivity contribution in [1.29, 1.82) is 0 Å². The van der Waals surface area contributed by atoms with Crippen LogP contribution in [0.3, 0.4) is 0 Å². The number of nitrogens with zero attached hydrogens (tertiary/aromatic N) is 2. The van der Waals surface area contributed by atoms with Crippen LogP contribution in [0.4, 0.5) is 19.0 Å². The molecule has 3 aromatic rings. The van der Waals surface area contributed by atoms with Crippen molar-refractivity contribution in [3.05, 3.63) is 53.1 Å². The van der Waals surface area contributed by atoms with E-state index in [0.717, 1.165) is 6.07 Å². The normalized spacial score (nSPS) is 12.4. The van der Waals surface area contributed by atoms with E-state index in [9.17, 15) is 18.3 Å². The predicted octanol–water partition coefficient (Wildman–Crippen LogP) is 4.90. The molecule has 1 heterocycles. The number of rotatable bonds is 5. The summed E-state index contributed by atoms with van der Waals surface area (Å²) in [6, 6.07) is 6.26. The highest BCUT2D eigenvalue weighted by atomic mass is 19.3. The van der Waals surface area contributed by atoms with Crippen LogP contribution in [0.1, 0.15) is 36.3 Å². The number of methoxy groups -OCH3 is 1. The van der Waals surface area contributed by atoms with E-state index in [0.29, 0.717) is 22.5 Å². The number of halogens is 3. The highest BCUT2D eigenvalue weighted by Gasteiger charge is 2.20. The average Bonchev–Trinajstić information content (AvgIpc) is 2.60. The zero-order valence-electron chi connectivity index (χ0n) is 14.9. The third kappa shape index (κ3) is 3.60. The molecule has 1 atom stereocenters. The van der Waals surface area contributed by atoms with Gasteiger partial charge in [0.1, 0.15) is 17.5 Å². The van der Waals surface area contributed by atoms with Crippen LogP contribution in [0, 0.1) is 12.7 Å². The van der Waals surface area contributed by atoms with Crippen LogP contribution in [-0.2, 0) is 0 Å². The third-order valence-electron chi connectivity index (χ3n) is 4.22. The van der Waals surface area contributed by atoms with Crippen LogP contribution in [-0.4, -0.2) is 22.2 Å². The van der Waals surface area contributed by atoms with Gasteiger partial charge < -0.3 is 15.2 Å². The van der Waals surface area contributed by atoms with Crippen LogP contribution < -0.4 is 10.1 Å². The molecule has 0 saturated heterocycles. The maximum atomic E-state index is 14.4. The van der Waals surface area contributed by atoms with Crippen molar-refractivity contribution >= 4 is 16.7 Å². The van der Waals surface area contributed by atoms with Gasteiger partial charge >= 0.3 is 0 Å². The number of aromatic nitrogens is 2. The van der Waals surface area contributed by atoms with E-state index in [1.54, 1.807) is 19.9 Å². The molecule has 0 saturated carbocycles. The minimum atomic E-state index is -2.90. The smallest absolute Gasteiger partial charge is 0.266 e. The van der Waals surface area contributed by atoms with Gasteiger partial charge in [0.2, 0.25) is 0 Å². The number of hydrogen-bond donors (Lipinski definition) is 2. The Labute approximate surface area is 153 Å². The van der Waals surface area contributed by atoms with E-state index in [1.165, 1.54) is 25.3 Å². The largest absolute Gasteiger partial charge is 0.504 e. The first-order chi connectivity index (χ1) is 12.8. The summed E-state index contributed by atoms with van der Waals surface area (Å²) in [6.07, 6.45) is -2.90. The lowest BCUT2D eigenvalue weighted by Gasteiger charge is -2.19. The van der Waals surface area contributed by atoms with Gasteiger partial charge in [0, 0.05) is 17.0 Å². The zero-order chi connectivity index (χ0) is 19.7. The lowest BCUT2D eigenvalue weighted by Crippen LogP contribution is -2.12. The molecule has 1 aromatic heterocycles. The number of phenols is 1. The van der Waals surface area contributed by atoms with Crippen molar-refractivity contribution in [3.63, 3.8) is 0 Å². The maximum absolute atomic E-state index is 14.4. The van der Waals surface area contributed by atoms with Crippen LogP contribution in [0.5, 0.6) is 11.5 Å². The van der Waals surface area contributed by atoms with E-state index >= 15 is 0 Å². The second-order valence-corrected chi connectivity index (χ2v) is 6.08. The fourth-order valence-corrected chi connectivity index (χ4v) is 2.89. The Hall–Kier alpha value is -3.03. The molecule has 0 aliphatic heterocycles. The molecule has 0 aliphatic rings. The summed E-state index contributed by atoms with van der Waals surface area (Å²) < 4.78 is 45.5. The molecule has 2 N–H and O–H groups in total. The quantitative estimate of drug-likeness (QED) is 0.662. The second-order valence-electron chi connectivity index (χ2n) is 6.08. The van der Waals surface area contributed by atoms with Crippen molar-refractivity contribution in [3.8, 4) is 11.5 Å². The molecule has 142 valence electrons. The molecule has 5 nitrogen and oxygen atoms in total. The molecule has 0 fully saturated rings. The number of benzene rings is 2. The summed E-state index contributed by atoms with van der Waals surface area (Å²) in [7, 11) is 1.41. The monoisotopic (exact) mass is 377 g/mol. The fourth-order valence-electron chi connectivity index (χ4n) is 2.89. The molecular weight excluding hydrogens is 359 g/mol. The van der Waals surface area contributed by atoms with Gasteiger partial charge in [-0.2, -0.15) is 0 Å². The second kappa shape index (κ2) is 7.30. The van der Waals surface area contributed by atoms with E-state index in [1.807, 2.05) is 0 Å². The van der Waals surface area contributed by atoms with Crippen molar-refractivity contribution in [1.82, 2.24) is 9.97 Å². The van der Waals surface area contributed by atoms with Gasteiger partial charge in [-0.1, -0.05) is 18.2 Å². The molecule has 0 spiro atoms. The van der Waals surface area contributed by atoms with Crippen LogP contribution in [0.15, 0.2) is 30.3 Å². The van der Waals surface area contributed by atoms with Gasteiger partial charge in [0.05, 0.1) is 24.2 Å². The van der Waals surface area contributed by atoms with Gasteiger partial charge in [0.25, 0.3) is 6.43 Å². The van der Waals surface area contributed by atoms with Crippen molar-refractivity contribution in [2.45, 2.75) is 26.3 Å². The number of fused-ring (bicyclic) bond motifs is 1. The zero-order valence-corrected chi connectivity index (χ0v) is 14.9. The highest BCUT2D eigenvalue weighted by molar-refractivity contribution is 5.91. The Balaban J connectivity index is 2.05. The lowest BCUT2D eigenvalue weighted by atomic mass is 10.0. The first-order valence-corrected chi connectivity index (χ1v) is 8.20. The molecule has 27 heavy (non-hydrogen) atoms. The number of aromatic hydroxyl groups is 1. The summed E-state index contributed by atoms with van der Waals surface area (Å²) >= 11 is 0. The number of phenolic OH excluding ortho intramolecular Hbond substituents is 1. The van der Waals surface area contributed by atoms with Crippen LogP contribution in [0.25, 0.3) is 10.9 Å². The standard InChI is InChI=1S/C19H18F3N3O2/c1-9(11-5-4-6-12(17(11)20)18(21)22)23-19-13-7-16(27-3)15(26)8-14(13)24-10(2)25-19/h4-9,18,26H,1-3H3,(H,23,24,25). The molecule has 0 amide bonds. The minimum absolute atomic E-state index is 0.0715. The maximum Gasteiger partial charge on any atom is 0.266 e. The Morgan fingerprint density at radius 3 is 2.52 bits per heavy atom. The van der Waals surface area contributed by atoms with Gasteiger partial charge in [-0.15, -0.1) is 0 Å². The number of nitrogens with one attached hydrogen (secondary N) is 1. The number of alkyl halides is 2. The molecule has 0 radical (unpaired) electrons. The number of ether oxygens (including phenoxy) is 1. The SMILES string of the molecule is COc1cc2c(NC(C)c3cccc(C(F)F)c3F)nc(C)nc2cc1O. The van der Waals surface area contributed by atoms with E-state index in [-0.39, 0.29) is 17.1 Å². The first kappa shape index (κ1) is 18.8. The Morgan fingerprint density at radius 1 is 1.15 bits per heavy atom. The average molecular weight is 377 g/mol. The van der Waals surface area contributed by atoms with Gasteiger partial charge in [-0.25, -0.2) is 23.1 Å². The summed E-state index contributed by atoms with van der Waals surface area (Å²) in [6.45, 7) is 3.32. The molecule has 0 aliphatic carbocycles. The van der Waals surface area contributed by atoms with Gasteiger partial charge in [-0.05, 0) is 19.9 Å². The van der Waals surface area contributed by atoms with Gasteiger partial charge in [0.15, 0.2) is 11.5 Å². The van der Waals surface area contributed by atoms with Crippen LogP contribution >= 0.6 is 0 Å². The number of hydrogen-bond acceptors (Lipinski definition) is 5. The lowest BCUT2D eigenvalue weighted by molar-refractivity contribution is 0.146. The summed E-state index contributed by atoms with van der Waals surface area (Å²) in [5, 5.41) is 13.5. The molecular formula is C19H18F3N3O2. The number of anilines is 1. The third-order valence-corrected chi connectivity index (χ3v) is 4.22. The molecule has 3 rings (SSSR count). The Morgan fingerprint density at radius 2 is 1.85 bits per heavy atom. The van der Waals surface area contributed by atoms with Crippen molar-refractivity contribution in [2.24, 2.45) is 0 Å². The van der Waals surface area contributed by atoms with Crippen LogP contribution in [0.2, 0.25) is 0 Å². The van der Waals surface area contributed by atoms with Crippen molar-refractivity contribution < 1.29 is 23.0 Å². The van der Waals surface area contributed by atoms with Gasteiger partial charge in [-0.3, -0.25) is 0 Å². The Kier molecular flexibility index (Phi) is 5.07. The first-order valence-electron chi connectivity index (χ1n) is 8.20. The predicted molar refractivity (Wildman–Crippen MR) is 95.9 cm³/mol. The molecule has 8 heteroatoms. The topological polar surface area (TPSA) is 67.3 Å². The van der Waals surface area contributed by atoms with Crippen molar-refractivity contribution in [2.75, 3.05) is 12.4 Å². The molecule has 1 unspecified atom stereocenters. The van der Waals surface area contributed by atoms with E-state index < -0.39 is 23.8 Å². The fraction of sp³-hybridized carbons (Fsp3) is 0.263. The minimum Gasteiger partial charge on any atom is -0.504 e. The molecule has 0 bridgehead atoms. The van der Waals surface area contributed by atoms with E-state index in [4.69, 9.17) is 4.74 Å². The number of aryl methyl sites for hydroxylation is 1. The highest BCUT2D eigenvalue weighted by Crippen LogP contribution is 2.35. The summed E-state index contributed by atoms with van der Waals surface area (Å²) in [5.74, 6) is 0.0286. The Bertz CT molecular complexity index is 996. The molecule has 2 aromatic carbocycles. The van der Waals surface area contributed by atoms with E-state index in [2.05, 4.69) is 15.3 Å². The summed E-state index contributed by atoms with van der Waals surface area (Å²) in [5.41, 5.74) is -0.0725. The summed E-state index contributed by atoms with van der Waals surface area (Å²) in [4.78, 5) is 8.60.